The fourth-order valence-electron chi connectivity index (χ4n) is 3.57. The molecular formula is C22H19ClN2O2. The lowest BCUT2D eigenvalue weighted by Crippen LogP contribution is -2.37. The summed E-state index contributed by atoms with van der Waals surface area (Å²) in [4.78, 5) is 19.0. The summed E-state index contributed by atoms with van der Waals surface area (Å²) in [5.41, 5.74) is 4.21. The largest absolute Gasteiger partial charge is 0.508 e. The SMILES string of the molecule is CC(c1cncc(N2CCc3cc(Cl)ccc3C2=O)c1)c1ccccc1O. The van der Waals surface area contributed by atoms with Crippen LogP contribution in [-0.2, 0) is 6.42 Å². The van der Waals surface area contributed by atoms with Crippen molar-refractivity contribution >= 4 is 23.2 Å². The van der Waals surface area contributed by atoms with Gasteiger partial charge in [-0.25, -0.2) is 0 Å². The van der Waals surface area contributed by atoms with Crippen molar-refractivity contribution in [3.8, 4) is 5.75 Å². The number of aromatic nitrogens is 1. The first kappa shape index (κ1) is 17.6. The van der Waals surface area contributed by atoms with E-state index in [1.807, 2.05) is 31.2 Å². The second kappa shape index (κ2) is 7.05. The van der Waals surface area contributed by atoms with Crippen LogP contribution in [-0.4, -0.2) is 22.5 Å². The number of fused-ring (bicyclic) bond motifs is 1. The van der Waals surface area contributed by atoms with Gasteiger partial charge in [0.15, 0.2) is 0 Å². The Kier molecular flexibility index (Phi) is 4.58. The van der Waals surface area contributed by atoms with Gasteiger partial charge in [-0.05, 0) is 47.9 Å². The number of halogens is 1. The third-order valence-corrected chi connectivity index (χ3v) is 5.34. The Morgan fingerprint density at radius 3 is 2.78 bits per heavy atom. The number of carbonyl (C=O) groups is 1. The molecule has 1 atom stereocenters. The fraction of sp³-hybridized carbons (Fsp3) is 0.182. The number of amides is 1. The summed E-state index contributed by atoms with van der Waals surface area (Å²) in [6, 6.07) is 14.7. The molecule has 0 saturated heterocycles. The van der Waals surface area contributed by atoms with Crippen molar-refractivity contribution in [1.29, 1.82) is 0 Å². The Morgan fingerprint density at radius 1 is 1.15 bits per heavy atom. The summed E-state index contributed by atoms with van der Waals surface area (Å²) in [7, 11) is 0. The number of phenols is 1. The van der Waals surface area contributed by atoms with Crippen LogP contribution in [0.2, 0.25) is 5.02 Å². The van der Waals surface area contributed by atoms with Crippen molar-refractivity contribution in [2.75, 3.05) is 11.4 Å². The van der Waals surface area contributed by atoms with E-state index in [0.29, 0.717) is 17.1 Å². The van der Waals surface area contributed by atoms with Crippen molar-refractivity contribution in [1.82, 2.24) is 4.98 Å². The van der Waals surface area contributed by atoms with Crippen LogP contribution in [0.4, 0.5) is 5.69 Å². The van der Waals surface area contributed by atoms with E-state index in [-0.39, 0.29) is 17.6 Å². The van der Waals surface area contributed by atoms with Crippen molar-refractivity contribution in [3.05, 3.63) is 88.2 Å². The first-order chi connectivity index (χ1) is 13.0. The Morgan fingerprint density at radius 2 is 1.96 bits per heavy atom. The minimum atomic E-state index is -0.0397. The number of anilines is 1. The second-order valence-electron chi connectivity index (χ2n) is 6.77. The van der Waals surface area contributed by atoms with Crippen LogP contribution < -0.4 is 4.90 Å². The number of para-hydroxylation sites is 1. The van der Waals surface area contributed by atoms with Gasteiger partial charge in [0.25, 0.3) is 5.91 Å². The molecule has 27 heavy (non-hydrogen) atoms. The number of hydrogen-bond donors (Lipinski definition) is 1. The lowest BCUT2D eigenvalue weighted by molar-refractivity contribution is 0.0980. The molecule has 3 aromatic rings. The molecule has 2 aromatic carbocycles. The van der Waals surface area contributed by atoms with Gasteiger partial charge >= 0.3 is 0 Å². The van der Waals surface area contributed by atoms with Crippen molar-refractivity contribution in [2.24, 2.45) is 0 Å². The molecule has 4 nitrogen and oxygen atoms in total. The number of hydrogen-bond acceptors (Lipinski definition) is 3. The first-order valence-corrected chi connectivity index (χ1v) is 9.25. The molecule has 1 amide bonds. The molecular weight excluding hydrogens is 360 g/mol. The van der Waals surface area contributed by atoms with E-state index in [0.717, 1.165) is 28.8 Å². The highest BCUT2D eigenvalue weighted by Crippen LogP contribution is 2.33. The summed E-state index contributed by atoms with van der Waals surface area (Å²) >= 11 is 6.05. The van der Waals surface area contributed by atoms with Crippen LogP contribution in [0.5, 0.6) is 5.75 Å². The fourth-order valence-corrected chi connectivity index (χ4v) is 3.76. The average Bonchev–Trinajstić information content (AvgIpc) is 2.68. The van der Waals surface area contributed by atoms with Gasteiger partial charge in [0.2, 0.25) is 0 Å². The highest BCUT2D eigenvalue weighted by atomic mass is 35.5. The zero-order chi connectivity index (χ0) is 19.0. The third-order valence-electron chi connectivity index (χ3n) is 5.11. The van der Waals surface area contributed by atoms with Gasteiger partial charge in [-0.1, -0.05) is 36.7 Å². The van der Waals surface area contributed by atoms with Gasteiger partial charge in [-0.15, -0.1) is 0 Å². The minimum absolute atomic E-state index is 0.0374. The number of rotatable bonds is 3. The highest BCUT2D eigenvalue weighted by molar-refractivity contribution is 6.30. The van der Waals surface area contributed by atoms with Gasteiger partial charge in [0.1, 0.15) is 5.75 Å². The molecule has 0 fully saturated rings. The summed E-state index contributed by atoms with van der Waals surface area (Å²) in [6.45, 7) is 2.60. The van der Waals surface area contributed by atoms with E-state index < -0.39 is 0 Å². The van der Waals surface area contributed by atoms with Crippen molar-refractivity contribution in [2.45, 2.75) is 19.3 Å². The maximum atomic E-state index is 12.9. The maximum absolute atomic E-state index is 12.9. The molecule has 5 heteroatoms. The Bertz CT molecular complexity index is 1020. The molecule has 1 aliphatic heterocycles. The second-order valence-corrected chi connectivity index (χ2v) is 7.20. The summed E-state index contributed by atoms with van der Waals surface area (Å²) in [5.74, 6) is 0.182. The van der Waals surface area contributed by atoms with Gasteiger partial charge < -0.3 is 10.0 Å². The number of phenolic OH excluding ortho intramolecular Hbond substituents is 1. The number of nitrogens with zero attached hydrogens (tertiary/aromatic N) is 2. The molecule has 1 N–H and O–H groups in total. The van der Waals surface area contributed by atoms with Crippen LogP contribution in [0.3, 0.4) is 0 Å². The lowest BCUT2D eigenvalue weighted by atomic mass is 9.93. The summed E-state index contributed by atoms with van der Waals surface area (Å²) < 4.78 is 0. The van der Waals surface area contributed by atoms with Crippen LogP contribution in [0.25, 0.3) is 0 Å². The molecule has 1 unspecified atom stereocenters. The normalized spacial score (nSPS) is 14.7. The average molecular weight is 379 g/mol. The standard InChI is InChI=1S/C22H19ClN2O2/c1-14(19-4-2-3-5-21(19)26)16-11-18(13-24-12-16)25-9-8-15-10-17(23)6-7-20(15)22(25)27/h2-7,10-14,26H,8-9H2,1H3. The van der Waals surface area contributed by atoms with Gasteiger partial charge in [-0.2, -0.15) is 0 Å². The van der Waals surface area contributed by atoms with Crippen LogP contribution >= 0.6 is 11.6 Å². The molecule has 4 rings (SSSR count). The Hall–Kier alpha value is -2.85. The highest BCUT2D eigenvalue weighted by Gasteiger charge is 2.26. The topological polar surface area (TPSA) is 53.4 Å². The maximum Gasteiger partial charge on any atom is 0.258 e. The van der Waals surface area contributed by atoms with Gasteiger partial charge in [0, 0.05) is 34.8 Å². The third kappa shape index (κ3) is 3.28. The molecule has 0 saturated carbocycles. The summed E-state index contributed by atoms with van der Waals surface area (Å²) in [6.07, 6.45) is 4.24. The lowest BCUT2D eigenvalue weighted by Gasteiger charge is -2.29. The smallest absolute Gasteiger partial charge is 0.258 e. The molecule has 1 aliphatic rings. The quantitative estimate of drug-likeness (QED) is 0.712. The molecule has 1 aromatic heterocycles. The molecule has 136 valence electrons. The number of pyridine rings is 1. The van der Waals surface area contributed by atoms with Crippen molar-refractivity contribution < 1.29 is 9.90 Å². The molecule has 0 spiro atoms. The van der Waals surface area contributed by atoms with Crippen molar-refractivity contribution in [3.63, 3.8) is 0 Å². The molecule has 2 heterocycles. The number of carbonyl (C=O) groups excluding carboxylic acids is 1. The number of aromatic hydroxyl groups is 1. The van der Waals surface area contributed by atoms with Gasteiger partial charge in [0.05, 0.1) is 11.9 Å². The number of benzene rings is 2. The molecule has 0 aliphatic carbocycles. The van der Waals surface area contributed by atoms with E-state index in [4.69, 9.17) is 11.6 Å². The van der Waals surface area contributed by atoms with Crippen LogP contribution in [0.1, 0.15) is 39.9 Å². The van der Waals surface area contributed by atoms with E-state index in [2.05, 4.69) is 4.98 Å². The van der Waals surface area contributed by atoms with Gasteiger partial charge in [-0.3, -0.25) is 9.78 Å². The van der Waals surface area contributed by atoms with Crippen LogP contribution in [0.15, 0.2) is 60.9 Å². The monoisotopic (exact) mass is 378 g/mol. The predicted octanol–water partition coefficient (Wildman–Crippen LogP) is 4.80. The van der Waals surface area contributed by atoms with E-state index in [1.54, 1.807) is 41.6 Å². The van der Waals surface area contributed by atoms with E-state index in [1.165, 1.54) is 0 Å². The molecule has 0 bridgehead atoms. The first-order valence-electron chi connectivity index (χ1n) is 8.87. The molecule has 0 radical (unpaired) electrons. The predicted molar refractivity (Wildman–Crippen MR) is 107 cm³/mol. The zero-order valence-electron chi connectivity index (χ0n) is 14.9. The van der Waals surface area contributed by atoms with Crippen LogP contribution in [0, 0.1) is 0 Å². The minimum Gasteiger partial charge on any atom is -0.508 e. The summed E-state index contributed by atoms with van der Waals surface area (Å²) in [5, 5.41) is 10.8. The zero-order valence-corrected chi connectivity index (χ0v) is 15.6. The van der Waals surface area contributed by atoms with E-state index in [9.17, 15) is 9.90 Å². The Balaban J connectivity index is 1.66. The Labute approximate surface area is 163 Å². The van der Waals surface area contributed by atoms with E-state index >= 15 is 0 Å².